The van der Waals surface area contributed by atoms with Crippen LogP contribution in [0.4, 0.5) is 8.78 Å². The first-order valence-corrected chi connectivity index (χ1v) is 9.35. The van der Waals surface area contributed by atoms with Gasteiger partial charge in [-0.3, -0.25) is 4.79 Å². The molecule has 0 aromatic heterocycles. The van der Waals surface area contributed by atoms with Crippen molar-refractivity contribution in [2.75, 3.05) is 0 Å². The molecular weight excluding hydrogens is 388 g/mol. The predicted octanol–water partition coefficient (Wildman–Crippen LogP) is 4.78. The standard InChI is InChI=1S/C24H21F2NO3/c25-18-12-16(13-19(26)14-18)15-30-23-9-5-4-8-21(23)20(10-11-22(27)24(28)29)17-6-2-1-3-7-17/h1-10,12-14,22H,11,15,27H2,(H,28,29). The minimum atomic E-state index is -1.09. The fourth-order valence-corrected chi connectivity index (χ4v) is 3.02. The third-order valence-electron chi connectivity index (χ3n) is 4.47. The van der Waals surface area contributed by atoms with Crippen molar-refractivity contribution in [2.45, 2.75) is 19.1 Å². The summed E-state index contributed by atoms with van der Waals surface area (Å²) in [4.78, 5) is 11.1. The summed E-state index contributed by atoms with van der Waals surface area (Å²) in [5.74, 6) is -1.93. The molecule has 3 rings (SSSR count). The topological polar surface area (TPSA) is 72.5 Å². The van der Waals surface area contributed by atoms with Crippen LogP contribution in [-0.2, 0) is 11.4 Å². The molecule has 1 unspecified atom stereocenters. The first-order chi connectivity index (χ1) is 14.4. The molecule has 3 aromatic rings. The van der Waals surface area contributed by atoms with Crippen LogP contribution in [0.5, 0.6) is 5.75 Å². The minimum absolute atomic E-state index is 0.0254. The van der Waals surface area contributed by atoms with Gasteiger partial charge >= 0.3 is 5.97 Å². The molecule has 0 heterocycles. The molecule has 0 saturated heterocycles. The van der Waals surface area contributed by atoms with E-state index in [2.05, 4.69) is 0 Å². The number of para-hydroxylation sites is 1. The van der Waals surface area contributed by atoms with Gasteiger partial charge in [-0.1, -0.05) is 54.6 Å². The third-order valence-corrected chi connectivity index (χ3v) is 4.47. The van der Waals surface area contributed by atoms with E-state index >= 15 is 0 Å². The van der Waals surface area contributed by atoms with Gasteiger partial charge in [0.25, 0.3) is 0 Å². The van der Waals surface area contributed by atoms with E-state index in [1.807, 2.05) is 42.5 Å². The number of halogens is 2. The van der Waals surface area contributed by atoms with E-state index in [9.17, 15) is 13.6 Å². The zero-order valence-corrected chi connectivity index (χ0v) is 16.1. The van der Waals surface area contributed by atoms with Crippen molar-refractivity contribution in [1.82, 2.24) is 0 Å². The van der Waals surface area contributed by atoms with Gasteiger partial charge in [0, 0.05) is 11.6 Å². The van der Waals surface area contributed by atoms with E-state index in [4.69, 9.17) is 15.6 Å². The van der Waals surface area contributed by atoms with E-state index in [0.29, 0.717) is 11.3 Å². The molecule has 0 bridgehead atoms. The lowest BCUT2D eigenvalue weighted by atomic mass is 9.95. The van der Waals surface area contributed by atoms with Gasteiger partial charge in [-0.05, 0) is 41.3 Å². The summed E-state index contributed by atoms with van der Waals surface area (Å²) in [7, 11) is 0. The van der Waals surface area contributed by atoms with Crippen molar-refractivity contribution in [2.24, 2.45) is 5.73 Å². The average molecular weight is 409 g/mol. The van der Waals surface area contributed by atoms with Crippen LogP contribution < -0.4 is 10.5 Å². The molecule has 0 aliphatic rings. The van der Waals surface area contributed by atoms with Crippen LogP contribution in [-0.4, -0.2) is 17.1 Å². The molecule has 0 spiro atoms. The third kappa shape index (κ3) is 5.52. The predicted molar refractivity (Wildman–Crippen MR) is 111 cm³/mol. The second-order valence-corrected chi connectivity index (χ2v) is 6.73. The number of carboxylic acids is 1. The number of nitrogens with two attached hydrogens (primary N) is 1. The van der Waals surface area contributed by atoms with E-state index < -0.39 is 23.6 Å². The van der Waals surface area contributed by atoms with Crippen LogP contribution in [0.15, 0.2) is 78.9 Å². The maximum Gasteiger partial charge on any atom is 0.320 e. The van der Waals surface area contributed by atoms with Gasteiger partial charge in [0.15, 0.2) is 0 Å². The van der Waals surface area contributed by atoms with Gasteiger partial charge in [0.05, 0.1) is 0 Å². The number of carboxylic acid groups (broad SMARTS) is 1. The van der Waals surface area contributed by atoms with E-state index in [0.717, 1.165) is 22.8 Å². The summed E-state index contributed by atoms with van der Waals surface area (Å²) < 4.78 is 32.8. The molecule has 6 heteroatoms. The fraction of sp³-hybridized carbons (Fsp3) is 0.125. The van der Waals surface area contributed by atoms with Crippen LogP contribution in [0.2, 0.25) is 0 Å². The number of benzene rings is 3. The number of ether oxygens (including phenoxy) is 1. The summed E-state index contributed by atoms with van der Waals surface area (Å²) in [6.45, 7) is -0.0254. The Morgan fingerprint density at radius 3 is 2.30 bits per heavy atom. The van der Waals surface area contributed by atoms with Crippen LogP contribution in [0.3, 0.4) is 0 Å². The lowest BCUT2D eigenvalue weighted by Crippen LogP contribution is -2.29. The molecule has 30 heavy (non-hydrogen) atoms. The van der Waals surface area contributed by atoms with Gasteiger partial charge < -0.3 is 15.6 Å². The smallest absolute Gasteiger partial charge is 0.320 e. The largest absolute Gasteiger partial charge is 0.488 e. The number of rotatable bonds is 8. The Morgan fingerprint density at radius 1 is 1.00 bits per heavy atom. The molecule has 0 saturated carbocycles. The number of carbonyl (C=O) groups is 1. The molecule has 3 N–H and O–H groups in total. The monoisotopic (exact) mass is 409 g/mol. The highest BCUT2D eigenvalue weighted by molar-refractivity contribution is 5.83. The lowest BCUT2D eigenvalue weighted by Gasteiger charge is -2.16. The Morgan fingerprint density at radius 2 is 1.63 bits per heavy atom. The fourth-order valence-electron chi connectivity index (χ4n) is 3.02. The summed E-state index contributed by atoms with van der Waals surface area (Å²) in [6, 6.07) is 18.8. The molecule has 1 atom stereocenters. The molecule has 154 valence electrons. The average Bonchev–Trinajstić information content (AvgIpc) is 2.73. The van der Waals surface area contributed by atoms with Crippen LogP contribution >= 0.6 is 0 Å². The van der Waals surface area contributed by atoms with Crippen molar-refractivity contribution in [1.29, 1.82) is 0 Å². The normalized spacial score (nSPS) is 12.4. The molecule has 0 radical (unpaired) electrons. The van der Waals surface area contributed by atoms with Crippen molar-refractivity contribution in [3.8, 4) is 5.75 Å². The Kier molecular flexibility index (Phi) is 6.93. The van der Waals surface area contributed by atoms with Gasteiger partial charge in [-0.2, -0.15) is 0 Å². The van der Waals surface area contributed by atoms with E-state index in [1.54, 1.807) is 18.2 Å². The number of hydrogen-bond donors (Lipinski definition) is 2. The van der Waals surface area contributed by atoms with Crippen molar-refractivity contribution < 1.29 is 23.4 Å². The Bertz CT molecular complexity index is 1030. The molecule has 0 amide bonds. The highest BCUT2D eigenvalue weighted by atomic mass is 19.1. The summed E-state index contributed by atoms with van der Waals surface area (Å²) in [5.41, 5.74) is 8.38. The van der Waals surface area contributed by atoms with E-state index in [-0.39, 0.29) is 13.0 Å². The number of hydrogen-bond acceptors (Lipinski definition) is 3. The molecule has 4 nitrogen and oxygen atoms in total. The summed E-state index contributed by atoms with van der Waals surface area (Å²) >= 11 is 0. The molecule has 3 aromatic carbocycles. The Balaban J connectivity index is 1.94. The first kappa shape index (κ1) is 21.2. The van der Waals surface area contributed by atoms with Gasteiger partial charge in [0.1, 0.15) is 30.0 Å². The Labute approximate surface area is 173 Å². The quantitative estimate of drug-likeness (QED) is 0.562. The van der Waals surface area contributed by atoms with Crippen molar-refractivity contribution >= 4 is 11.5 Å². The minimum Gasteiger partial charge on any atom is -0.488 e. The summed E-state index contributed by atoms with van der Waals surface area (Å²) in [6.07, 6.45) is 1.89. The van der Waals surface area contributed by atoms with Crippen molar-refractivity contribution in [3.05, 3.63) is 107 Å². The first-order valence-electron chi connectivity index (χ1n) is 9.35. The van der Waals surface area contributed by atoms with Crippen molar-refractivity contribution in [3.63, 3.8) is 0 Å². The van der Waals surface area contributed by atoms with Gasteiger partial charge in [-0.15, -0.1) is 0 Å². The summed E-state index contributed by atoms with van der Waals surface area (Å²) in [5, 5.41) is 9.11. The lowest BCUT2D eigenvalue weighted by molar-refractivity contribution is -0.138. The Hall–Kier alpha value is -3.51. The highest BCUT2D eigenvalue weighted by Crippen LogP contribution is 2.32. The SMILES string of the molecule is NC(CC=C(c1ccccc1)c1ccccc1OCc1cc(F)cc(F)c1)C(=O)O. The molecule has 0 fully saturated rings. The molecule has 0 aliphatic carbocycles. The zero-order chi connectivity index (χ0) is 21.5. The number of aliphatic carboxylic acids is 1. The zero-order valence-electron chi connectivity index (χ0n) is 16.1. The second kappa shape index (κ2) is 9.80. The van der Waals surface area contributed by atoms with Crippen LogP contribution in [0.1, 0.15) is 23.1 Å². The van der Waals surface area contributed by atoms with Crippen LogP contribution in [0, 0.1) is 11.6 Å². The van der Waals surface area contributed by atoms with Gasteiger partial charge in [0.2, 0.25) is 0 Å². The van der Waals surface area contributed by atoms with Crippen LogP contribution in [0.25, 0.3) is 5.57 Å². The molecule has 0 aliphatic heterocycles. The van der Waals surface area contributed by atoms with Gasteiger partial charge in [-0.25, -0.2) is 8.78 Å². The molecular formula is C24H21F2NO3. The highest BCUT2D eigenvalue weighted by Gasteiger charge is 2.14. The second-order valence-electron chi connectivity index (χ2n) is 6.73. The maximum atomic E-state index is 13.5. The maximum absolute atomic E-state index is 13.5. The van der Waals surface area contributed by atoms with E-state index in [1.165, 1.54) is 12.1 Å².